The predicted molar refractivity (Wildman–Crippen MR) is 39.0 cm³/mol. The van der Waals surface area contributed by atoms with Crippen LogP contribution in [0.1, 0.15) is 6.92 Å². The van der Waals surface area contributed by atoms with Crippen molar-refractivity contribution in [2.24, 2.45) is 0 Å². The van der Waals surface area contributed by atoms with E-state index in [-0.39, 0.29) is 0 Å². The van der Waals surface area contributed by atoms with Crippen LogP contribution in [0.2, 0.25) is 0 Å². The first kappa shape index (κ1) is 7.03. The summed E-state index contributed by atoms with van der Waals surface area (Å²) in [6, 6.07) is 0.628. The highest BCUT2D eigenvalue weighted by molar-refractivity contribution is 4.75. The molecule has 1 rings (SSSR count). The van der Waals surface area contributed by atoms with Crippen LogP contribution < -0.4 is 0 Å². The highest BCUT2D eigenvalue weighted by atomic mass is 15.3. The maximum atomic E-state index is 3.92. The number of nitrogens with zero attached hydrogens (tertiary/aromatic N) is 2. The molecule has 9 heavy (non-hydrogen) atoms. The molecule has 0 aromatic carbocycles. The van der Waals surface area contributed by atoms with Gasteiger partial charge in [-0.1, -0.05) is 0 Å². The summed E-state index contributed by atoms with van der Waals surface area (Å²) in [5.74, 6) is 0. The summed E-state index contributed by atoms with van der Waals surface area (Å²) in [5.41, 5.74) is 0. The van der Waals surface area contributed by atoms with Crippen molar-refractivity contribution < 1.29 is 0 Å². The Bertz CT molecular complexity index is 92.9. The van der Waals surface area contributed by atoms with E-state index in [1.54, 1.807) is 0 Å². The minimum absolute atomic E-state index is 0.628. The summed E-state index contributed by atoms with van der Waals surface area (Å²) in [5, 5.41) is 0. The van der Waals surface area contributed by atoms with Gasteiger partial charge in [0, 0.05) is 32.7 Å². The fourth-order valence-corrected chi connectivity index (χ4v) is 1.18. The molecule has 1 aliphatic heterocycles. The minimum Gasteiger partial charge on any atom is -0.304 e. The van der Waals surface area contributed by atoms with Gasteiger partial charge in [0.15, 0.2) is 0 Å². The molecule has 1 unspecified atom stereocenters. The van der Waals surface area contributed by atoms with Gasteiger partial charge in [-0.05, 0) is 14.0 Å². The van der Waals surface area contributed by atoms with Crippen LogP contribution in [0.15, 0.2) is 0 Å². The van der Waals surface area contributed by atoms with Crippen molar-refractivity contribution in [1.82, 2.24) is 9.80 Å². The zero-order valence-corrected chi connectivity index (χ0v) is 6.30. The normalized spacial score (nSPS) is 33.0. The molecule has 0 N–H and O–H groups in total. The monoisotopic (exact) mass is 127 g/mol. The van der Waals surface area contributed by atoms with Crippen molar-refractivity contribution >= 4 is 0 Å². The molecule has 1 fully saturated rings. The molecule has 1 radical (unpaired) electrons. The van der Waals surface area contributed by atoms with Crippen LogP contribution in [-0.4, -0.2) is 42.5 Å². The predicted octanol–water partition coefficient (Wildman–Crippen LogP) is 0.414. The number of hydrogen-bond acceptors (Lipinski definition) is 2. The van der Waals surface area contributed by atoms with E-state index in [0.717, 1.165) is 19.6 Å². The van der Waals surface area contributed by atoms with Crippen LogP contribution in [0.25, 0.3) is 0 Å². The van der Waals surface area contributed by atoms with Gasteiger partial charge in [-0.3, -0.25) is 4.90 Å². The Hall–Kier alpha value is -0.0800. The van der Waals surface area contributed by atoms with Crippen LogP contribution >= 0.6 is 0 Å². The molecule has 53 valence electrons. The first-order valence-electron chi connectivity index (χ1n) is 3.46. The average molecular weight is 127 g/mol. The Morgan fingerprint density at radius 3 is 2.56 bits per heavy atom. The zero-order chi connectivity index (χ0) is 6.85. The Kier molecular flexibility index (Phi) is 2.09. The van der Waals surface area contributed by atoms with E-state index in [0.29, 0.717) is 6.04 Å². The van der Waals surface area contributed by atoms with Crippen LogP contribution in [0, 0.1) is 7.05 Å². The first-order valence-corrected chi connectivity index (χ1v) is 3.46. The van der Waals surface area contributed by atoms with Crippen molar-refractivity contribution in [2.75, 3.05) is 26.7 Å². The minimum atomic E-state index is 0.628. The highest BCUT2D eigenvalue weighted by Gasteiger charge is 2.16. The molecule has 0 saturated carbocycles. The smallest absolute Gasteiger partial charge is 0.0195 e. The van der Waals surface area contributed by atoms with Crippen LogP contribution in [-0.2, 0) is 0 Å². The molecule has 0 aliphatic carbocycles. The SMILES string of the molecule is [CH2]N1CCN(C)CC1C. The Morgan fingerprint density at radius 2 is 2.11 bits per heavy atom. The van der Waals surface area contributed by atoms with Crippen LogP contribution in [0.4, 0.5) is 0 Å². The van der Waals surface area contributed by atoms with Crippen LogP contribution in [0.3, 0.4) is 0 Å². The summed E-state index contributed by atoms with van der Waals surface area (Å²) in [4.78, 5) is 4.49. The molecule has 2 nitrogen and oxygen atoms in total. The third-order valence-electron chi connectivity index (χ3n) is 1.97. The second-order valence-electron chi connectivity index (χ2n) is 2.92. The largest absolute Gasteiger partial charge is 0.304 e. The van der Waals surface area contributed by atoms with Gasteiger partial charge in [0.05, 0.1) is 0 Å². The van der Waals surface area contributed by atoms with E-state index in [1.165, 1.54) is 0 Å². The van der Waals surface area contributed by atoms with Crippen molar-refractivity contribution in [3.8, 4) is 0 Å². The summed E-state index contributed by atoms with van der Waals surface area (Å²) < 4.78 is 0. The van der Waals surface area contributed by atoms with Crippen molar-refractivity contribution in [3.63, 3.8) is 0 Å². The zero-order valence-electron chi connectivity index (χ0n) is 6.30. The maximum Gasteiger partial charge on any atom is 0.0195 e. The molecule has 0 spiro atoms. The molecule has 1 heterocycles. The molecule has 1 saturated heterocycles. The Morgan fingerprint density at radius 1 is 1.44 bits per heavy atom. The molecular weight excluding hydrogens is 112 g/mol. The third-order valence-corrected chi connectivity index (χ3v) is 1.97. The van der Waals surface area contributed by atoms with Gasteiger partial charge in [-0.15, -0.1) is 0 Å². The Balaban J connectivity index is 2.35. The lowest BCUT2D eigenvalue weighted by atomic mass is 10.2. The van der Waals surface area contributed by atoms with Gasteiger partial charge in [0.2, 0.25) is 0 Å². The molecule has 2 heteroatoms. The van der Waals surface area contributed by atoms with Gasteiger partial charge >= 0.3 is 0 Å². The molecule has 0 aromatic rings. The highest BCUT2D eigenvalue weighted by Crippen LogP contribution is 2.04. The fourth-order valence-electron chi connectivity index (χ4n) is 1.18. The number of rotatable bonds is 0. The second-order valence-corrected chi connectivity index (χ2v) is 2.92. The van der Waals surface area contributed by atoms with Gasteiger partial charge in [-0.25, -0.2) is 0 Å². The van der Waals surface area contributed by atoms with Crippen molar-refractivity contribution in [1.29, 1.82) is 0 Å². The number of piperazine rings is 1. The van der Waals surface area contributed by atoms with E-state index >= 15 is 0 Å². The van der Waals surface area contributed by atoms with Gasteiger partial charge in [0.1, 0.15) is 0 Å². The summed E-state index contributed by atoms with van der Waals surface area (Å²) >= 11 is 0. The summed E-state index contributed by atoms with van der Waals surface area (Å²) in [6.07, 6.45) is 0. The fraction of sp³-hybridized carbons (Fsp3) is 0.857. The van der Waals surface area contributed by atoms with E-state index < -0.39 is 0 Å². The summed E-state index contributed by atoms with van der Waals surface area (Å²) in [7, 11) is 6.08. The van der Waals surface area contributed by atoms with E-state index in [2.05, 4.69) is 30.8 Å². The van der Waals surface area contributed by atoms with Crippen molar-refractivity contribution in [3.05, 3.63) is 7.05 Å². The van der Waals surface area contributed by atoms with E-state index in [9.17, 15) is 0 Å². The quantitative estimate of drug-likeness (QED) is 0.465. The number of likely N-dealkylation sites (N-methyl/N-ethyl adjacent to an activating group) is 1. The number of hydrogen-bond donors (Lipinski definition) is 0. The van der Waals surface area contributed by atoms with E-state index in [1.807, 2.05) is 0 Å². The standard InChI is InChI=1S/C7H15N2/c1-7-6-8(2)4-5-9(7)3/h7H,3-6H2,1-2H3. The topological polar surface area (TPSA) is 6.48 Å². The van der Waals surface area contributed by atoms with E-state index in [4.69, 9.17) is 0 Å². The molecular formula is C7H15N2. The second kappa shape index (κ2) is 2.67. The maximum absolute atomic E-state index is 3.92. The first-order chi connectivity index (χ1) is 4.20. The Labute approximate surface area is 57.4 Å². The average Bonchev–Trinajstić information content (AvgIpc) is 1.80. The van der Waals surface area contributed by atoms with Crippen LogP contribution in [0.5, 0.6) is 0 Å². The lowest BCUT2D eigenvalue weighted by Gasteiger charge is -2.35. The lowest BCUT2D eigenvalue weighted by Crippen LogP contribution is -2.47. The molecule has 1 aliphatic rings. The third kappa shape index (κ3) is 1.66. The molecule has 1 atom stereocenters. The lowest BCUT2D eigenvalue weighted by molar-refractivity contribution is 0.141. The van der Waals surface area contributed by atoms with Gasteiger partial charge < -0.3 is 4.90 Å². The van der Waals surface area contributed by atoms with Crippen molar-refractivity contribution in [2.45, 2.75) is 13.0 Å². The molecule has 0 bridgehead atoms. The van der Waals surface area contributed by atoms with Gasteiger partial charge in [-0.2, -0.15) is 0 Å². The molecule has 0 aromatic heterocycles. The molecule has 0 amide bonds. The summed E-state index contributed by atoms with van der Waals surface area (Å²) in [6.45, 7) is 5.64. The van der Waals surface area contributed by atoms with Gasteiger partial charge in [0.25, 0.3) is 0 Å².